The maximum atomic E-state index is 5.87. The number of oxazole rings is 1. The van der Waals surface area contributed by atoms with Gasteiger partial charge in [0.25, 0.3) is 0 Å². The third-order valence-corrected chi connectivity index (χ3v) is 5.19. The molecule has 1 saturated heterocycles. The molecule has 2 N–H and O–H groups in total. The first-order chi connectivity index (χ1) is 14.4. The minimum atomic E-state index is -0.0522. The van der Waals surface area contributed by atoms with E-state index in [0.717, 1.165) is 49.9 Å². The molecule has 2 heterocycles. The van der Waals surface area contributed by atoms with Gasteiger partial charge in [-0.1, -0.05) is 26.8 Å². The van der Waals surface area contributed by atoms with Crippen molar-refractivity contribution >= 4 is 35.6 Å². The number of methoxy groups -OCH3 is 1. The second-order valence-electron chi connectivity index (χ2n) is 8.69. The van der Waals surface area contributed by atoms with Crippen LogP contribution >= 0.6 is 24.0 Å². The number of hydrogen-bond donors (Lipinski definition) is 2. The van der Waals surface area contributed by atoms with Gasteiger partial charge in [0, 0.05) is 42.8 Å². The van der Waals surface area contributed by atoms with E-state index < -0.39 is 0 Å². The van der Waals surface area contributed by atoms with Gasteiger partial charge in [0.15, 0.2) is 5.96 Å². The van der Waals surface area contributed by atoms with E-state index in [1.165, 1.54) is 5.69 Å². The molecular weight excluding hydrogens is 505 g/mol. The number of piperidine rings is 1. The van der Waals surface area contributed by atoms with Gasteiger partial charge in [-0.25, -0.2) is 9.98 Å². The van der Waals surface area contributed by atoms with Crippen molar-refractivity contribution in [3.8, 4) is 5.75 Å². The number of nitrogens with zero attached hydrogens (tertiary/aromatic N) is 3. The zero-order valence-electron chi connectivity index (χ0n) is 19.3. The second kappa shape index (κ2) is 11.6. The number of nitrogens with one attached hydrogen (secondary N) is 2. The summed E-state index contributed by atoms with van der Waals surface area (Å²) in [5.74, 6) is 3.20. The van der Waals surface area contributed by atoms with Crippen molar-refractivity contribution in [2.75, 3.05) is 31.6 Å². The second-order valence-corrected chi connectivity index (χ2v) is 8.69. The summed E-state index contributed by atoms with van der Waals surface area (Å²) in [5.41, 5.74) is 1.14. The predicted octanol–water partition coefficient (Wildman–Crippen LogP) is 4.32. The van der Waals surface area contributed by atoms with Crippen LogP contribution in [0.25, 0.3) is 0 Å². The average Bonchev–Trinajstić information content (AvgIpc) is 3.22. The van der Waals surface area contributed by atoms with Gasteiger partial charge in [0.05, 0.1) is 13.3 Å². The SMILES string of the molecule is CCNC(=NCc1ncc(C(C)(C)C)o1)NC1CCCN(c2cccc(OC)c2)C1.I. The fourth-order valence-corrected chi connectivity index (χ4v) is 3.53. The van der Waals surface area contributed by atoms with E-state index >= 15 is 0 Å². The van der Waals surface area contributed by atoms with Crippen molar-refractivity contribution in [1.29, 1.82) is 0 Å². The maximum Gasteiger partial charge on any atom is 0.216 e. The van der Waals surface area contributed by atoms with Crippen molar-refractivity contribution in [3.63, 3.8) is 0 Å². The Kier molecular flexibility index (Phi) is 9.46. The molecule has 0 aliphatic carbocycles. The minimum Gasteiger partial charge on any atom is -0.497 e. The first kappa shape index (κ1) is 25.3. The van der Waals surface area contributed by atoms with Gasteiger partial charge >= 0.3 is 0 Å². The van der Waals surface area contributed by atoms with Crippen molar-refractivity contribution in [2.24, 2.45) is 4.99 Å². The van der Waals surface area contributed by atoms with Crippen LogP contribution in [0.5, 0.6) is 5.75 Å². The minimum absolute atomic E-state index is 0. The molecule has 172 valence electrons. The Hall–Kier alpha value is -1.97. The van der Waals surface area contributed by atoms with Crippen molar-refractivity contribution in [2.45, 2.75) is 58.5 Å². The molecule has 0 amide bonds. The van der Waals surface area contributed by atoms with Crippen LogP contribution in [0, 0.1) is 0 Å². The summed E-state index contributed by atoms with van der Waals surface area (Å²) in [6.07, 6.45) is 4.04. The Bertz CT molecular complexity index is 846. The maximum absolute atomic E-state index is 5.87. The number of rotatable bonds is 6. The van der Waals surface area contributed by atoms with E-state index in [9.17, 15) is 0 Å². The predicted molar refractivity (Wildman–Crippen MR) is 137 cm³/mol. The van der Waals surface area contributed by atoms with Gasteiger partial charge in [0.2, 0.25) is 5.89 Å². The van der Waals surface area contributed by atoms with Crippen LogP contribution in [0.2, 0.25) is 0 Å². The molecule has 2 aromatic rings. The molecule has 1 aliphatic heterocycles. The van der Waals surface area contributed by atoms with Crippen LogP contribution in [0.1, 0.15) is 52.2 Å². The number of hydrogen-bond acceptors (Lipinski definition) is 5. The third-order valence-electron chi connectivity index (χ3n) is 5.19. The Morgan fingerprint density at radius 2 is 2.16 bits per heavy atom. The first-order valence-corrected chi connectivity index (χ1v) is 10.8. The summed E-state index contributed by atoms with van der Waals surface area (Å²) in [6, 6.07) is 8.57. The highest BCUT2D eigenvalue weighted by molar-refractivity contribution is 14.0. The zero-order valence-corrected chi connectivity index (χ0v) is 21.6. The molecule has 0 radical (unpaired) electrons. The molecule has 8 heteroatoms. The Morgan fingerprint density at radius 1 is 1.35 bits per heavy atom. The molecule has 31 heavy (non-hydrogen) atoms. The summed E-state index contributed by atoms with van der Waals surface area (Å²) >= 11 is 0. The first-order valence-electron chi connectivity index (χ1n) is 10.8. The van der Waals surface area contributed by atoms with Gasteiger partial charge in [-0.2, -0.15) is 0 Å². The number of ether oxygens (including phenoxy) is 1. The van der Waals surface area contributed by atoms with Crippen LogP contribution in [-0.4, -0.2) is 43.7 Å². The molecule has 0 spiro atoms. The summed E-state index contributed by atoms with van der Waals surface area (Å²) < 4.78 is 11.2. The Labute approximate surface area is 203 Å². The van der Waals surface area contributed by atoms with E-state index in [1.807, 2.05) is 12.1 Å². The summed E-state index contributed by atoms with van der Waals surface area (Å²) in [5, 5.41) is 6.93. The molecule has 1 fully saturated rings. The molecule has 1 unspecified atom stereocenters. The van der Waals surface area contributed by atoms with Gasteiger partial charge in [0.1, 0.15) is 18.1 Å². The van der Waals surface area contributed by atoms with Crippen LogP contribution in [0.4, 0.5) is 5.69 Å². The monoisotopic (exact) mass is 541 g/mol. The molecule has 1 aromatic heterocycles. The van der Waals surface area contributed by atoms with Crippen LogP contribution < -0.4 is 20.3 Å². The lowest BCUT2D eigenvalue weighted by Gasteiger charge is -2.35. The normalized spacial score (nSPS) is 17.1. The number of anilines is 1. The lowest BCUT2D eigenvalue weighted by molar-refractivity contribution is 0.383. The standard InChI is InChI=1S/C23H35N5O2.HI/c1-6-24-22(26-15-21-25-14-20(30-21)23(2,3)4)27-17-9-8-12-28(16-17)18-10-7-11-19(13-18)29-5;/h7,10-11,13-14,17H,6,8-9,12,15-16H2,1-5H3,(H2,24,26,27);1H. The zero-order chi connectivity index (χ0) is 21.6. The summed E-state index contributed by atoms with van der Waals surface area (Å²) in [6.45, 7) is 11.6. The topological polar surface area (TPSA) is 74.9 Å². The lowest BCUT2D eigenvalue weighted by atomic mass is 9.94. The van der Waals surface area contributed by atoms with Crippen molar-refractivity contribution in [3.05, 3.63) is 42.1 Å². The van der Waals surface area contributed by atoms with E-state index in [-0.39, 0.29) is 29.4 Å². The molecule has 1 aromatic carbocycles. The van der Waals surface area contributed by atoms with Crippen molar-refractivity contribution < 1.29 is 9.15 Å². The van der Waals surface area contributed by atoms with E-state index in [0.29, 0.717) is 18.5 Å². The van der Waals surface area contributed by atoms with Gasteiger partial charge in [-0.05, 0) is 31.9 Å². The number of benzene rings is 1. The van der Waals surface area contributed by atoms with E-state index in [4.69, 9.17) is 14.1 Å². The fourth-order valence-electron chi connectivity index (χ4n) is 3.53. The van der Waals surface area contributed by atoms with Gasteiger partial charge in [-0.15, -0.1) is 24.0 Å². The fraction of sp³-hybridized carbons (Fsp3) is 0.565. The molecule has 0 saturated carbocycles. The molecule has 0 bridgehead atoms. The third kappa shape index (κ3) is 7.29. The van der Waals surface area contributed by atoms with E-state index in [2.05, 4.69) is 60.3 Å². The largest absolute Gasteiger partial charge is 0.497 e. The van der Waals surface area contributed by atoms with Gasteiger partial charge < -0.3 is 24.7 Å². The van der Waals surface area contributed by atoms with E-state index in [1.54, 1.807) is 13.3 Å². The number of aliphatic imine (C=N–C) groups is 1. The highest BCUT2D eigenvalue weighted by atomic mass is 127. The van der Waals surface area contributed by atoms with Crippen LogP contribution in [-0.2, 0) is 12.0 Å². The smallest absolute Gasteiger partial charge is 0.216 e. The molecule has 3 rings (SSSR count). The van der Waals surface area contributed by atoms with Crippen LogP contribution in [0.3, 0.4) is 0 Å². The highest BCUT2D eigenvalue weighted by Crippen LogP contribution is 2.24. The molecule has 7 nitrogen and oxygen atoms in total. The van der Waals surface area contributed by atoms with Gasteiger partial charge in [-0.3, -0.25) is 0 Å². The Morgan fingerprint density at radius 3 is 2.84 bits per heavy atom. The molecule has 1 atom stereocenters. The highest BCUT2D eigenvalue weighted by Gasteiger charge is 2.22. The average molecular weight is 541 g/mol. The molecule has 1 aliphatic rings. The lowest BCUT2D eigenvalue weighted by Crippen LogP contribution is -2.51. The number of halogens is 1. The number of guanidine groups is 1. The number of aromatic nitrogens is 1. The quantitative estimate of drug-likeness (QED) is 0.323. The molecular formula is C23H36IN5O2. The van der Waals surface area contributed by atoms with Crippen molar-refractivity contribution in [1.82, 2.24) is 15.6 Å². The van der Waals surface area contributed by atoms with Crippen LogP contribution in [0.15, 0.2) is 39.9 Å². The summed E-state index contributed by atoms with van der Waals surface area (Å²) in [4.78, 5) is 11.5. The summed E-state index contributed by atoms with van der Waals surface area (Å²) in [7, 11) is 1.71. The Balaban J connectivity index is 0.00000341.